The van der Waals surface area contributed by atoms with E-state index >= 15 is 0 Å². The van der Waals surface area contributed by atoms with Gasteiger partial charge >= 0.3 is 5.97 Å². The number of hydrogen-bond acceptors (Lipinski definition) is 5. The number of aldehydes is 1. The average molecular weight is 216 g/mol. The molecule has 1 heterocycles. The molecule has 15 heavy (non-hydrogen) atoms. The van der Waals surface area contributed by atoms with E-state index in [1.54, 1.807) is 6.92 Å². The molecule has 0 aliphatic carbocycles. The summed E-state index contributed by atoms with van der Waals surface area (Å²) < 4.78 is 15.2. The standard InChI is InChI=1S/C10H16O5/c1-10(14-5-6-15-10)8(7-11)3-4-9(12)13-2/h7-8H,3-6H2,1-2H3/t8-/m1/s1. The van der Waals surface area contributed by atoms with Gasteiger partial charge in [-0.3, -0.25) is 4.79 Å². The quantitative estimate of drug-likeness (QED) is 0.495. The van der Waals surface area contributed by atoms with Crippen LogP contribution in [0, 0.1) is 5.92 Å². The van der Waals surface area contributed by atoms with E-state index in [9.17, 15) is 9.59 Å². The number of carbonyl (C=O) groups is 2. The fraction of sp³-hybridized carbons (Fsp3) is 0.800. The minimum atomic E-state index is -0.879. The highest BCUT2D eigenvalue weighted by Gasteiger charge is 2.39. The molecule has 0 saturated carbocycles. The van der Waals surface area contributed by atoms with Gasteiger partial charge in [-0.15, -0.1) is 0 Å². The SMILES string of the molecule is COC(=O)CC[C@H](C=O)C1(C)OCCO1. The summed E-state index contributed by atoms with van der Waals surface area (Å²) in [5.41, 5.74) is 0. The van der Waals surface area contributed by atoms with Gasteiger partial charge in [0.15, 0.2) is 5.79 Å². The number of methoxy groups -OCH3 is 1. The Hall–Kier alpha value is -0.940. The van der Waals surface area contributed by atoms with Gasteiger partial charge in [0.2, 0.25) is 0 Å². The highest BCUT2D eigenvalue weighted by atomic mass is 16.7. The van der Waals surface area contributed by atoms with Crippen molar-refractivity contribution in [3.8, 4) is 0 Å². The molecule has 1 aliphatic rings. The van der Waals surface area contributed by atoms with Crippen molar-refractivity contribution in [2.24, 2.45) is 5.92 Å². The predicted octanol–water partition coefficient (Wildman–Crippen LogP) is 0.518. The van der Waals surface area contributed by atoms with Crippen molar-refractivity contribution in [1.82, 2.24) is 0 Å². The van der Waals surface area contributed by atoms with Crippen LogP contribution in [0.1, 0.15) is 19.8 Å². The van der Waals surface area contributed by atoms with Crippen LogP contribution in [0.5, 0.6) is 0 Å². The molecule has 0 radical (unpaired) electrons. The molecule has 0 aromatic carbocycles. The molecule has 1 saturated heterocycles. The van der Waals surface area contributed by atoms with Crippen LogP contribution in [-0.2, 0) is 23.8 Å². The lowest BCUT2D eigenvalue weighted by Gasteiger charge is -2.27. The van der Waals surface area contributed by atoms with Crippen molar-refractivity contribution in [3.63, 3.8) is 0 Å². The minimum Gasteiger partial charge on any atom is -0.469 e. The molecule has 1 aliphatic heterocycles. The maximum absolute atomic E-state index is 10.9. The molecule has 0 unspecified atom stereocenters. The highest BCUT2D eigenvalue weighted by Crippen LogP contribution is 2.29. The van der Waals surface area contributed by atoms with E-state index in [1.165, 1.54) is 7.11 Å². The first kappa shape index (κ1) is 12.1. The topological polar surface area (TPSA) is 61.8 Å². The molecule has 1 rings (SSSR count). The average Bonchev–Trinajstić information content (AvgIpc) is 2.66. The molecule has 86 valence electrons. The summed E-state index contributed by atoms with van der Waals surface area (Å²) in [4.78, 5) is 21.8. The molecule has 5 nitrogen and oxygen atoms in total. The molecule has 1 atom stereocenters. The van der Waals surface area contributed by atoms with Gasteiger partial charge in [0.05, 0.1) is 26.2 Å². The van der Waals surface area contributed by atoms with Gasteiger partial charge in [0, 0.05) is 6.42 Å². The summed E-state index contributed by atoms with van der Waals surface area (Å²) in [5, 5.41) is 0. The third-order valence-corrected chi connectivity index (χ3v) is 2.59. The lowest BCUT2D eigenvalue weighted by atomic mass is 9.96. The number of esters is 1. The van der Waals surface area contributed by atoms with Gasteiger partial charge in [-0.25, -0.2) is 0 Å². The fourth-order valence-electron chi connectivity index (χ4n) is 1.57. The molecule has 0 N–H and O–H groups in total. The van der Waals surface area contributed by atoms with Gasteiger partial charge in [0.25, 0.3) is 0 Å². The van der Waals surface area contributed by atoms with Crippen LogP contribution in [0.25, 0.3) is 0 Å². The van der Waals surface area contributed by atoms with Crippen molar-refractivity contribution in [2.45, 2.75) is 25.6 Å². The molecular weight excluding hydrogens is 200 g/mol. The normalized spacial score (nSPS) is 20.9. The first-order valence-corrected chi connectivity index (χ1v) is 4.92. The summed E-state index contributed by atoms with van der Waals surface area (Å²) in [6.45, 7) is 2.69. The van der Waals surface area contributed by atoms with E-state index in [4.69, 9.17) is 9.47 Å². The Labute approximate surface area is 88.7 Å². The second-order valence-electron chi connectivity index (χ2n) is 3.57. The van der Waals surface area contributed by atoms with Crippen molar-refractivity contribution in [3.05, 3.63) is 0 Å². The Morgan fingerprint density at radius 3 is 2.60 bits per heavy atom. The predicted molar refractivity (Wildman–Crippen MR) is 51.1 cm³/mol. The Kier molecular flexibility index (Phi) is 4.23. The fourth-order valence-corrected chi connectivity index (χ4v) is 1.57. The van der Waals surface area contributed by atoms with Crippen LogP contribution in [0.3, 0.4) is 0 Å². The van der Waals surface area contributed by atoms with Gasteiger partial charge < -0.3 is 19.0 Å². The summed E-state index contributed by atoms with van der Waals surface area (Å²) in [6.07, 6.45) is 1.35. The molecule has 0 aromatic rings. The van der Waals surface area contributed by atoms with Crippen LogP contribution in [-0.4, -0.2) is 38.4 Å². The van der Waals surface area contributed by atoms with Crippen molar-refractivity contribution >= 4 is 12.3 Å². The van der Waals surface area contributed by atoms with Gasteiger partial charge in [-0.1, -0.05) is 0 Å². The van der Waals surface area contributed by atoms with Crippen LogP contribution in [0.4, 0.5) is 0 Å². The van der Waals surface area contributed by atoms with Crippen LogP contribution in [0.15, 0.2) is 0 Å². The number of hydrogen-bond donors (Lipinski definition) is 0. The van der Waals surface area contributed by atoms with Crippen LogP contribution in [0.2, 0.25) is 0 Å². The van der Waals surface area contributed by atoms with Gasteiger partial charge in [0.1, 0.15) is 6.29 Å². The molecule has 0 spiro atoms. The zero-order valence-corrected chi connectivity index (χ0v) is 9.02. The van der Waals surface area contributed by atoms with Crippen molar-refractivity contribution in [2.75, 3.05) is 20.3 Å². The summed E-state index contributed by atoms with van der Waals surface area (Å²) in [7, 11) is 1.32. The molecule has 0 bridgehead atoms. The lowest BCUT2D eigenvalue weighted by molar-refractivity contribution is -0.182. The van der Waals surface area contributed by atoms with E-state index in [0.717, 1.165) is 6.29 Å². The molecule has 1 fully saturated rings. The number of carbonyl (C=O) groups excluding carboxylic acids is 2. The van der Waals surface area contributed by atoms with Crippen molar-refractivity contribution < 1.29 is 23.8 Å². The largest absolute Gasteiger partial charge is 0.469 e. The Balaban J connectivity index is 2.48. The van der Waals surface area contributed by atoms with E-state index in [2.05, 4.69) is 4.74 Å². The maximum atomic E-state index is 10.9. The summed E-state index contributed by atoms with van der Waals surface area (Å²) in [6, 6.07) is 0. The van der Waals surface area contributed by atoms with Crippen molar-refractivity contribution in [1.29, 1.82) is 0 Å². The third-order valence-electron chi connectivity index (χ3n) is 2.59. The molecular formula is C10H16O5. The van der Waals surface area contributed by atoms with E-state index in [1.807, 2.05) is 0 Å². The summed E-state index contributed by atoms with van der Waals surface area (Å²) >= 11 is 0. The van der Waals surface area contributed by atoms with E-state index in [0.29, 0.717) is 19.6 Å². The Morgan fingerprint density at radius 2 is 2.13 bits per heavy atom. The number of ether oxygens (including phenoxy) is 3. The second kappa shape index (κ2) is 5.23. The van der Waals surface area contributed by atoms with Crippen LogP contribution < -0.4 is 0 Å². The Bertz CT molecular complexity index is 232. The minimum absolute atomic E-state index is 0.197. The van der Waals surface area contributed by atoms with Gasteiger partial charge in [-0.2, -0.15) is 0 Å². The van der Waals surface area contributed by atoms with Gasteiger partial charge in [-0.05, 0) is 13.3 Å². The molecule has 5 heteroatoms. The first-order chi connectivity index (χ1) is 7.12. The van der Waals surface area contributed by atoms with E-state index < -0.39 is 11.7 Å². The van der Waals surface area contributed by atoms with E-state index in [-0.39, 0.29) is 12.4 Å². The zero-order chi connectivity index (χ0) is 11.3. The summed E-state index contributed by atoms with van der Waals surface area (Å²) in [5.74, 6) is -1.64. The number of rotatable bonds is 5. The zero-order valence-electron chi connectivity index (χ0n) is 9.02. The third kappa shape index (κ3) is 3.00. The Morgan fingerprint density at radius 1 is 1.53 bits per heavy atom. The smallest absolute Gasteiger partial charge is 0.305 e. The molecule has 0 amide bonds. The maximum Gasteiger partial charge on any atom is 0.305 e. The second-order valence-corrected chi connectivity index (χ2v) is 3.57. The lowest BCUT2D eigenvalue weighted by Crippen LogP contribution is -2.37. The first-order valence-electron chi connectivity index (χ1n) is 4.92. The van der Waals surface area contributed by atoms with Crippen LogP contribution >= 0.6 is 0 Å². The monoisotopic (exact) mass is 216 g/mol. The molecule has 0 aromatic heterocycles. The highest BCUT2D eigenvalue weighted by molar-refractivity contribution is 5.69.